The zero-order valence-electron chi connectivity index (χ0n) is 17.0. The molecule has 0 spiro atoms. The van der Waals surface area contributed by atoms with Gasteiger partial charge in [-0.1, -0.05) is 12.8 Å². The third kappa shape index (κ3) is 5.96. The van der Waals surface area contributed by atoms with E-state index in [1.807, 2.05) is 9.80 Å². The Kier molecular flexibility index (Phi) is 7.55. The Morgan fingerprint density at radius 3 is 2.28 bits per heavy atom. The van der Waals surface area contributed by atoms with Crippen molar-refractivity contribution in [2.45, 2.75) is 38.6 Å². The van der Waals surface area contributed by atoms with Crippen molar-refractivity contribution in [3.63, 3.8) is 0 Å². The van der Waals surface area contributed by atoms with Crippen molar-refractivity contribution in [1.29, 1.82) is 0 Å². The first-order valence-electron chi connectivity index (χ1n) is 10.4. The molecule has 3 rings (SSSR count). The number of amides is 2. The minimum absolute atomic E-state index is 0.0232. The maximum absolute atomic E-state index is 13.8. The normalized spacial score (nSPS) is 20.2. The van der Waals surface area contributed by atoms with Gasteiger partial charge in [-0.3, -0.25) is 19.4 Å². The minimum atomic E-state index is -0.789. The van der Waals surface area contributed by atoms with Gasteiger partial charge < -0.3 is 10.2 Å². The average molecular weight is 408 g/mol. The van der Waals surface area contributed by atoms with Gasteiger partial charge in [0.05, 0.1) is 18.3 Å². The Balaban J connectivity index is 1.45. The molecule has 2 amide bonds. The van der Waals surface area contributed by atoms with Crippen LogP contribution >= 0.6 is 0 Å². The largest absolute Gasteiger partial charge is 0.342 e. The van der Waals surface area contributed by atoms with Gasteiger partial charge in [-0.15, -0.1) is 0 Å². The second-order valence-corrected chi connectivity index (χ2v) is 7.90. The van der Waals surface area contributed by atoms with Crippen molar-refractivity contribution in [1.82, 2.24) is 14.7 Å². The van der Waals surface area contributed by atoms with Crippen LogP contribution in [0.25, 0.3) is 0 Å². The molecule has 2 heterocycles. The van der Waals surface area contributed by atoms with Crippen LogP contribution in [0.2, 0.25) is 0 Å². The fourth-order valence-corrected chi connectivity index (χ4v) is 3.91. The predicted molar refractivity (Wildman–Crippen MR) is 108 cm³/mol. The molecule has 0 unspecified atom stereocenters. The Labute approximate surface area is 170 Å². The van der Waals surface area contributed by atoms with Gasteiger partial charge in [0.15, 0.2) is 0 Å². The summed E-state index contributed by atoms with van der Waals surface area (Å²) in [7, 11) is 0. The highest BCUT2D eigenvalue weighted by molar-refractivity contribution is 5.94. The van der Waals surface area contributed by atoms with Crippen LogP contribution in [0.4, 0.5) is 14.5 Å². The number of anilines is 1. The summed E-state index contributed by atoms with van der Waals surface area (Å²) in [5, 5.41) is 2.53. The van der Waals surface area contributed by atoms with Gasteiger partial charge in [0.1, 0.15) is 11.6 Å². The Bertz CT molecular complexity index is 715. The number of carbonyl (C=O) groups is 2. The number of nitrogens with zero attached hydrogens (tertiary/aromatic N) is 3. The molecule has 2 fully saturated rings. The third-order valence-corrected chi connectivity index (χ3v) is 5.84. The maximum atomic E-state index is 13.8. The standard InChI is InChI=1S/C21H30F2N4O2/c1-16(21(29)24-19-7-6-17(22)14-18(19)23)26-12-10-25(11-13-26)15-20(28)27-8-4-2-3-5-9-27/h6-7,14,16H,2-5,8-13,15H2,1H3,(H,24,29)/t16-/m0/s1. The Morgan fingerprint density at radius 1 is 1.00 bits per heavy atom. The van der Waals surface area contributed by atoms with E-state index in [2.05, 4.69) is 10.2 Å². The van der Waals surface area contributed by atoms with E-state index < -0.39 is 17.7 Å². The van der Waals surface area contributed by atoms with E-state index in [0.717, 1.165) is 38.1 Å². The lowest BCUT2D eigenvalue weighted by Gasteiger charge is -2.37. The van der Waals surface area contributed by atoms with Crippen LogP contribution in [0.1, 0.15) is 32.6 Å². The molecule has 2 saturated heterocycles. The van der Waals surface area contributed by atoms with Gasteiger partial charge in [-0.2, -0.15) is 0 Å². The van der Waals surface area contributed by atoms with E-state index in [9.17, 15) is 18.4 Å². The fraction of sp³-hybridized carbons (Fsp3) is 0.619. The molecular formula is C21H30F2N4O2. The molecule has 0 aromatic heterocycles. The molecule has 1 aromatic rings. The summed E-state index contributed by atoms with van der Waals surface area (Å²) < 4.78 is 26.8. The molecule has 1 atom stereocenters. The molecule has 0 bridgehead atoms. The quantitative estimate of drug-likeness (QED) is 0.813. The summed E-state index contributed by atoms with van der Waals surface area (Å²) in [5.74, 6) is -1.61. The Morgan fingerprint density at radius 2 is 1.66 bits per heavy atom. The number of hydrogen-bond donors (Lipinski definition) is 1. The molecule has 8 heteroatoms. The van der Waals surface area contributed by atoms with Crippen LogP contribution in [-0.4, -0.2) is 78.4 Å². The summed E-state index contributed by atoms with van der Waals surface area (Å²) >= 11 is 0. The van der Waals surface area contributed by atoms with E-state index in [0.29, 0.717) is 32.7 Å². The van der Waals surface area contributed by atoms with Gasteiger partial charge >= 0.3 is 0 Å². The zero-order chi connectivity index (χ0) is 20.8. The van der Waals surface area contributed by atoms with E-state index in [-0.39, 0.29) is 17.5 Å². The summed E-state index contributed by atoms with van der Waals surface area (Å²) in [6.07, 6.45) is 4.57. The van der Waals surface area contributed by atoms with E-state index in [1.54, 1.807) is 6.92 Å². The van der Waals surface area contributed by atoms with Crippen molar-refractivity contribution in [3.05, 3.63) is 29.8 Å². The molecule has 0 saturated carbocycles. The molecule has 6 nitrogen and oxygen atoms in total. The van der Waals surface area contributed by atoms with E-state index in [4.69, 9.17) is 0 Å². The first-order chi connectivity index (χ1) is 13.9. The first-order valence-corrected chi connectivity index (χ1v) is 10.4. The van der Waals surface area contributed by atoms with Crippen LogP contribution in [-0.2, 0) is 9.59 Å². The van der Waals surface area contributed by atoms with Gasteiger partial charge in [-0.05, 0) is 31.9 Å². The fourth-order valence-electron chi connectivity index (χ4n) is 3.91. The molecule has 2 aliphatic heterocycles. The number of piperazine rings is 1. The zero-order valence-corrected chi connectivity index (χ0v) is 17.0. The molecule has 29 heavy (non-hydrogen) atoms. The number of nitrogens with one attached hydrogen (secondary N) is 1. The van der Waals surface area contributed by atoms with Gasteiger partial charge in [0.25, 0.3) is 0 Å². The second kappa shape index (κ2) is 10.1. The highest BCUT2D eigenvalue weighted by atomic mass is 19.1. The average Bonchev–Trinajstić information content (AvgIpc) is 3.00. The van der Waals surface area contributed by atoms with Crippen molar-refractivity contribution in [2.24, 2.45) is 0 Å². The monoisotopic (exact) mass is 408 g/mol. The number of rotatable bonds is 5. The van der Waals surface area contributed by atoms with Gasteiger partial charge in [0, 0.05) is 45.3 Å². The molecule has 1 aromatic carbocycles. The van der Waals surface area contributed by atoms with E-state index >= 15 is 0 Å². The van der Waals surface area contributed by atoms with Crippen LogP contribution in [0.15, 0.2) is 18.2 Å². The highest BCUT2D eigenvalue weighted by Gasteiger charge is 2.27. The van der Waals surface area contributed by atoms with Crippen molar-refractivity contribution in [3.8, 4) is 0 Å². The topological polar surface area (TPSA) is 55.9 Å². The maximum Gasteiger partial charge on any atom is 0.241 e. The van der Waals surface area contributed by atoms with Crippen molar-refractivity contribution in [2.75, 3.05) is 51.1 Å². The predicted octanol–water partition coefficient (Wildman–Crippen LogP) is 2.31. The summed E-state index contributed by atoms with van der Waals surface area (Å²) in [6, 6.07) is 2.65. The lowest BCUT2D eigenvalue weighted by atomic mass is 10.2. The van der Waals surface area contributed by atoms with Crippen molar-refractivity contribution < 1.29 is 18.4 Å². The van der Waals surface area contributed by atoms with Gasteiger partial charge in [0.2, 0.25) is 11.8 Å². The number of hydrogen-bond acceptors (Lipinski definition) is 4. The molecule has 2 aliphatic rings. The lowest BCUT2D eigenvalue weighted by molar-refractivity contribution is -0.133. The summed E-state index contributed by atoms with van der Waals surface area (Å²) in [6.45, 7) is 6.65. The summed E-state index contributed by atoms with van der Waals surface area (Å²) in [4.78, 5) is 31.1. The molecule has 0 radical (unpaired) electrons. The van der Waals surface area contributed by atoms with Crippen LogP contribution in [0, 0.1) is 11.6 Å². The third-order valence-electron chi connectivity index (χ3n) is 5.84. The molecule has 160 valence electrons. The molecular weight excluding hydrogens is 378 g/mol. The highest BCUT2D eigenvalue weighted by Crippen LogP contribution is 2.17. The van der Waals surface area contributed by atoms with Crippen LogP contribution in [0.5, 0.6) is 0 Å². The number of likely N-dealkylation sites (tertiary alicyclic amines) is 1. The van der Waals surface area contributed by atoms with Crippen LogP contribution in [0.3, 0.4) is 0 Å². The van der Waals surface area contributed by atoms with Crippen LogP contribution < -0.4 is 5.32 Å². The number of halogens is 2. The van der Waals surface area contributed by atoms with Crippen molar-refractivity contribution >= 4 is 17.5 Å². The minimum Gasteiger partial charge on any atom is -0.342 e. The van der Waals surface area contributed by atoms with E-state index in [1.165, 1.54) is 18.9 Å². The smallest absolute Gasteiger partial charge is 0.241 e. The first kappa shape index (κ1) is 21.6. The lowest BCUT2D eigenvalue weighted by Crippen LogP contribution is -2.54. The number of benzene rings is 1. The SMILES string of the molecule is C[C@@H](C(=O)Nc1ccc(F)cc1F)N1CCN(CC(=O)N2CCCCCC2)CC1. The Hall–Kier alpha value is -2.06. The summed E-state index contributed by atoms with van der Waals surface area (Å²) in [5.41, 5.74) is -0.0232. The molecule has 0 aliphatic carbocycles. The van der Waals surface area contributed by atoms with Gasteiger partial charge in [-0.25, -0.2) is 8.78 Å². The number of carbonyl (C=O) groups excluding carboxylic acids is 2. The second-order valence-electron chi connectivity index (χ2n) is 7.90. The molecule has 1 N–H and O–H groups in total.